The average Bonchev–Trinajstić information content (AvgIpc) is 3.01. The third-order valence-electron chi connectivity index (χ3n) is 4.22. The number of aryl methyl sites for hydroxylation is 2. The minimum atomic E-state index is -5.16. The van der Waals surface area contributed by atoms with Crippen LogP contribution in [0.4, 0.5) is 18.3 Å². The van der Waals surface area contributed by atoms with Crippen LogP contribution < -0.4 is 10.6 Å². The highest BCUT2D eigenvalue weighted by molar-refractivity contribution is 7.22. The lowest BCUT2D eigenvalue weighted by Gasteiger charge is -2.34. The molecule has 1 amide bonds. The quantitative estimate of drug-likeness (QED) is 0.477. The summed E-state index contributed by atoms with van der Waals surface area (Å²) in [5.74, 6) is -2.54. The largest absolute Gasteiger partial charge is 0.463 e. The fraction of sp³-hybridized carbons (Fsp3) is 0.526. The molecule has 2 N–H and O–H groups in total. The van der Waals surface area contributed by atoms with E-state index in [1.807, 2.05) is 18.3 Å². The van der Waals surface area contributed by atoms with Gasteiger partial charge in [0.2, 0.25) is 5.91 Å². The number of unbranched alkanes of at least 4 members (excludes halogenated alkanes) is 1. The topological polar surface area (TPSA) is 80.3 Å². The summed E-state index contributed by atoms with van der Waals surface area (Å²) >= 11 is 0.968. The van der Waals surface area contributed by atoms with Gasteiger partial charge in [-0.1, -0.05) is 30.7 Å². The first-order valence-electron chi connectivity index (χ1n) is 9.25. The Morgan fingerprint density at radius 2 is 1.90 bits per heavy atom. The second kappa shape index (κ2) is 8.98. The number of benzene rings is 1. The first-order chi connectivity index (χ1) is 13.5. The Bertz CT molecular complexity index is 898. The number of thiazole rings is 1. The van der Waals surface area contributed by atoms with Crippen molar-refractivity contribution in [1.29, 1.82) is 0 Å². The molecule has 2 rings (SSSR count). The third kappa shape index (κ3) is 4.98. The highest BCUT2D eigenvalue weighted by Crippen LogP contribution is 2.36. The molecule has 1 aromatic carbocycles. The van der Waals surface area contributed by atoms with Gasteiger partial charge in [0.15, 0.2) is 5.13 Å². The Morgan fingerprint density at radius 3 is 2.48 bits per heavy atom. The first-order valence-corrected chi connectivity index (χ1v) is 10.1. The average molecular weight is 431 g/mol. The molecule has 0 saturated heterocycles. The Labute approximate surface area is 170 Å². The van der Waals surface area contributed by atoms with Gasteiger partial charge in [-0.15, -0.1) is 0 Å². The van der Waals surface area contributed by atoms with Crippen LogP contribution >= 0.6 is 11.3 Å². The summed E-state index contributed by atoms with van der Waals surface area (Å²) in [4.78, 5) is 28.8. The summed E-state index contributed by atoms with van der Waals surface area (Å²) in [5, 5.41) is 3.82. The van der Waals surface area contributed by atoms with Crippen molar-refractivity contribution in [2.24, 2.45) is 0 Å². The van der Waals surface area contributed by atoms with Crippen molar-refractivity contribution in [2.75, 3.05) is 11.9 Å². The molecule has 0 aliphatic heterocycles. The van der Waals surface area contributed by atoms with Crippen molar-refractivity contribution < 1.29 is 27.5 Å². The van der Waals surface area contributed by atoms with E-state index in [1.165, 1.54) is 6.92 Å². The lowest BCUT2D eigenvalue weighted by atomic mass is 10.1. The van der Waals surface area contributed by atoms with E-state index >= 15 is 0 Å². The fourth-order valence-corrected chi connectivity index (χ4v) is 3.92. The number of nitrogens with one attached hydrogen (secondary N) is 2. The van der Waals surface area contributed by atoms with Crippen molar-refractivity contribution in [3.63, 3.8) is 0 Å². The summed E-state index contributed by atoms with van der Waals surface area (Å²) in [7, 11) is 0. The maximum absolute atomic E-state index is 14.1. The second-order valence-corrected chi connectivity index (χ2v) is 7.72. The summed E-state index contributed by atoms with van der Waals surface area (Å²) in [5.41, 5.74) is -1.17. The summed E-state index contributed by atoms with van der Waals surface area (Å²) in [6, 6.07) is 3.66. The smallest absolute Gasteiger partial charge is 0.442 e. The summed E-state index contributed by atoms with van der Waals surface area (Å²) in [6.07, 6.45) is -4.30. The van der Waals surface area contributed by atoms with Crippen LogP contribution in [0.5, 0.6) is 0 Å². The van der Waals surface area contributed by atoms with Crippen LogP contribution in [0, 0.1) is 13.8 Å². The number of ether oxygens (including phenoxy) is 1. The number of carbonyl (C=O) groups is 2. The van der Waals surface area contributed by atoms with Gasteiger partial charge >= 0.3 is 17.8 Å². The molecule has 0 fully saturated rings. The molecule has 29 heavy (non-hydrogen) atoms. The molecule has 0 aliphatic rings. The van der Waals surface area contributed by atoms with Crippen LogP contribution in [0.25, 0.3) is 10.2 Å². The first kappa shape index (κ1) is 22.9. The van der Waals surface area contributed by atoms with Crippen LogP contribution in [0.1, 0.15) is 44.2 Å². The van der Waals surface area contributed by atoms with Gasteiger partial charge < -0.3 is 15.4 Å². The Hall–Kier alpha value is -2.36. The molecule has 1 heterocycles. The number of aromatic nitrogens is 1. The zero-order valence-electron chi connectivity index (χ0n) is 16.7. The minimum absolute atomic E-state index is 0.144. The Morgan fingerprint density at radius 1 is 1.21 bits per heavy atom. The Balaban J connectivity index is 2.51. The molecule has 2 aromatic rings. The van der Waals surface area contributed by atoms with Gasteiger partial charge in [0, 0.05) is 6.42 Å². The molecule has 1 aromatic heterocycles. The summed E-state index contributed by atoms with van der Waals surface area (Å²) < 4.78 is 47.7. The van der Waals surface area contributed by atoms with E-state index in [-0.39, 0.29) is 18.2 Å². The molecule has 0 unspecified atom stereocenters. The number of rotatable bonds is 8. The highest BCUT2D eigenvalue weighted by atomic mass is 32.1. The maximum atomic E-state index is 14.1. The van der Waals surface area contributed by atoms with E-state index < -0.39 is 23.7 Å². The fourth-order valence-electron chi connectivity index (χ4n) is 2.82. The van der Waals surface area contributed by atoms with Crippen molar-refractivity contribution in [3.8, 4) is 0 Å². The number of alkyl halides is 3. The molecule has 0 radical (unpaired) electrons. The number of halogens is 3. The van der Waals surface area contributed by atoms with Gasteiger partial charge in [0.05, 0.1) is 16.8 Å². The summed E-state index contributed by atoms with van der Waals surface area (Å²) in [6.45, 7) is 6.59. The van der Waals surface area contributed by atoms with Gasteiger partial charge in [-0.25, -0.2) is 9.78 Å². The van der Waals surface area contributed by atoms with Crippen LogP contribution in [-0.4, -0.2) is 35.3 Å². The van der Waals surface area contributed by atoms with Crippen LogP contribution in [0.2, 0.25) is 0 Å². The molecule has 0 saturated carbocycles. The van der Waals surface area contributed by atoms with Gasteiger partial charge in [0.1, 0.15) is 0 Å². The van der Waals surface area contributed by atoms with Crippen LogP contribution in [0.15, 0.2) is 12.1 Å². The van der Waals surface area contributed by atoms with Gasteiger partial charge in [0.25, 0.3) is 0 Å². The number of hydrogen-bond acceptors (Lipinski definition) is 6. The van der Waals surface area contributed by atoms with Crippen molar-refractivity contribution in [3.05, 3.63) is 23.3 Å². The van der Waals surface area contributed by atoms with E-state index in [0.29, 0.717) is 23.1 Å². The Kier molecular flexibility index (Phi) is 7.10. The van der Waals surface area contributed by atoms with Crippen LogP contribution in [-0.2, 0) is 14.3 Å². The molecule has 0 spiro atoms. The number of hydrogen-bond donors (Lipinski definition) is 2. The number of nitrogens with zero attached hydrogens (tertiary/aromatic N) is 1. The number of amides is 1. The lowest BCUT2D eigenvalue weighted by molar-refractivity contribution is -0.207. The van der Waals surface area contributed by atoms with E-state index in [9.17, 15) is 22.8 Å². The van der Waals surface area contributed by atoms with E-state index in [4.69, 9.17) is 0 Å². The van der Waals surface area contributed by atoms with E-state index in [1.54, 1.807) is 19.9 Å². The third-order valence-corrected chi connectivity index (χ3v) is 5.13. The zero-order chi connectivity index (χ0) is 21.8. The highest BCUT2D eigenvalue weighted by Gasteiger charge is 2.64. The minimum Gasteiger partial charge on any atom is -0.463 e. The lowest BCUT2D eigenvalue weighted by Crippen LogP contribution is -2.69. The normalized spacial score (nSPS) is 13.8. The number of carbonyl (C=O) groups excluding carboxylic acids is 2. The molecule has 0 aliphatic carbocycles. The second-order valence-electron chi connectivity index (χ2n) is 6.69. The number of anilines is 1. The standard InChI is InChI=1S/C19H24F3N3O3S/c1-5-7-8-14(26)24-18(19(20,21)22,16(27)28-6-2)25-17-23-15-12(4)9-11(3)10-13(15)29-17/h9-10H,5-8H2,1-4H3,(H,23,25)(H,24,26)/t18-/m0/s1. The predicted octanol–water partition coefficient (Wildman–Crippen LogP) is 4.45. The van der Waals surface area contributed by atoms with Gasteiger partial charge in [-0.3, -0.25) is 4.79 Å². The molecule has 160 valence electrons. The maximum Gasteiger partial charge on any atom is 0.442 e. The molecular weight excluding hydrogens is 407 g/mol. The molecular formula is C19H24F3N3O3S. The van der Waals surface area contributed by atoms with E-state index in [2.05, 4.69) is 15.0 Å². The molecule has 0 bridgehead atoms. The number of fused-ring (bicyclic) bond motifs is 1. The van der Waals surface area contributed by atoms with Gasteiger partial charge in [-0.2, -0.15) is 13.2 Å². The molecule has 1 atom stereocenters. The zero-order valence-corrected chi connectivity index (χ0v) is 17.5. The predicted molar refractivity (Wildman–Crippen MR) is 106 cm³/mol. The monoisotopic (exact) mass is 431 g/mol. The SMILES string of the molecule is CCCCC(=O)N[C@](Nc1nc2c(C)cc(C)cc2s1)(C(=O)OCC)C(F)(F)F. The van der Waals surface area contributed by atoms with E-state index in [0.717, 1.165) is 22.5 Å². The molecule has 10 heteroatoms. The van der Waals surface area contributed by atoms with Crippen LogP contribution in [0.3, 0.4) is 0 Å². The van der Waals surface area contributed by atoms with Gasteiger partial charge in [-0.05, 0) is 44.4 Å². The van der Waals surface area contributed by atoms with Crippen molar-refractivity contribution >= 4 is 38.6 Å². The van der Waals surface area contributed by atoms with Crippen molar-refractivity contribution in [1.82, 2.24) is 10.3 Å². The van der Waals surface area contributed by atoms with Crippen molar-refractivity contribution in [2.45, 2.75) is 58.8 Å². The number of esters is 1. The molecule has 6 nitrogen and oxygen atoms in total.